The molecule has 0 bridgehead atoms. The van der Waals surface area contributed by atoms with Crippen LogP contribution in [0.3, 0.4) is 0 Å². The molecule has 18 heavy (non-hydrogen) atoms. The largest absolute Gasteiger partial charge is 0.392 e. The third-order valence-corrected chi connectivity index (χ3v) is 5.50. The average molecular weight is 307 g/mol. The van der Waals surface area contributed by atoms with Crippen molar-refractivity contribution in [2.24, 2.45) is 5.73 Å². The van der Waals surface area contributed by atoms with E-state index in [0.717, 1.165) is 5.56 Å². The van der Waals surface area contributed by atoms with Crippen molar-refractivity contribution in [3.05, 3.63) is 34.9 Å². The van der Waals surface area contributed by atoms with Gasteiger partial charge in [0, 0.05) is 18.6 Å². The third-order valence-electron chi connectivity index (χ3n) is 2.60. The zero-order valence-corrected chi connectivity index (χ0v) is 12.5. The first kappa shape index (κ1) is 15.4. The average Bonchev–Trinajstić information content (AvgIpc) is 2.30. The van der Waals surface area contributed by atoms with E-state index in [1.54, 1.807) is 24.3 Å². The fraction of sp³-hybridized carbons (Fsp3) is 0.364. The van der Waals surface area contributed by atoms with Crippen LogP contribution in [-0.4, -0.2) is 30.0 Å². The summed E-state index contributed by atoms with van der Waals surface area (Å²) in [7, 11) is -2.01. The number of benzene rings is 1. The van der Waals surface area contributed by atoms with Gasteiger partial charge in [-0.05, 0) is 24.6 Å². The van der Waals surface area contributed by atoms with E-state index in [4.69, 9.17) is 29.6 Å². The van der Waals surface area contributed by atoms with E-state index < -0.39 is 15.3 Å². The highest BCUT2D eigenvalue weighted by Gasteiger charge is 2.27. The smallest absolute Gasteiger partial charge is 0.223 e. The molecule has 7 heteroatoms. The van der Waals surface area contributed by atoms with Gasteiger partial charge >= 0.3 is 0 Å². The summed E-state index contributed by atoms with van der Waals surface area (Å²) in [4.78, 5) is -0.0297. The zero-order chi connectivity index (χ0) is 13.9. The number of hydrogen-bond donors (Lipinski definition) is 1. The SMILES string of the molecule is CC(C(N)=S)S(=O)(=O)N(C)Cc1ccc(Cl)cc1. The van der Waals surface area contributed by atoms with Crippen molar-refractivity contribution < 1.29 is 8.42 Å². The fourth-order valence-electron chi connectivity index (χ4n) is 1.35. The Morgan fingerprint density at radius 1 is 1.44 bits per heavy atom. The summed E-state index contributed by atoms with van der Waals surface area (Å²) in [6.07, 6.45) is 0. The number of thiocarbonyl (C=S) groups is 1. The van der Waals surface area contributed by atoms with Crippen molar-refractivity contribution >= 4 is 38.8 Å². The second kappa shape index (κ2) is 5.97. The number of rotatable bonds is 5. The number of hydrogen-bond acceptors (Lipinski definition) is 3. The van der Waals surface area contributed by atoms with Crippen molar-refractivity contribution in [3.8, 4) is 0 Å². The Hall–Kier alpha value is -0.690. The number of nitrogens with zero attached hydrogens (tertiary/aromatic N) is 1. The van der Waals surface area contributed by atoms with E-state index in [9.17, 15) is 8.42 Å². The molecule has 1 rings (SSSR count). The molecular weight excluding hydrogens is 292 g/mol. The van der Waals surface area contributed by atoms with Crippen LogP contribution in [0.25, 0.3) is 0 Å². The predicted octanol–water partition coefficient (Wildman–Crippen LogP) is 1.78. The quantitative estimate of drug-likeness (QED) is 0.842. The summed E-state index contributed by atoms with van der Waals surface area (Å²) in [5.74, 6) is 0. The molecule has 2 N–H and O–H groups in total. The van der Waals surface area contributed by atoms with E-state index >= 15 is 0 Å². The predicted molar refractivity (Wildman–Crippen MR) is 78.1 cm³/mol. The molecule has 1 aromatic carbocycles. The maximum Gasteiger partial charge on any atom is 0.223 e. The van der Waals surface area contributed by atoms with Crippen LogP contribution in [0.4, 0.5) is 0 Å². The van der Waals surface area contributed by atoms with Crippen molar-refractivity contribution in [1.82, 2.24) is 4.31 Å². The molecule has 0 spiro atoms. The highest BCUT2D eigenvalue weighted by Crippen LogP contribution is 2.14. The van der Waals surface area contributed by atoms with Crippen molar-refractivity contribution in [2.45, 2.75) is 18.7 Å². The van der Waals surface area contributed by atoms with Crippen LogP contribution < -0.4 is 5.73 Å². The summed E-state index contributed by atoms with van der Waals surface area (Å²) in [6, 6.07) is 6.99. The molecule has 0 radical (unpaired) electrons. The van der Waals surface area contributed by atoms with Gasteiger partial charge < -0.3 is 5.73 Å². The summed E-state index contributed by atoms with van der Waals surface area (Å²) in [6.45, 7) is 1.74. The van der Waals surface area contributed by atoms with E-state index in [1.807, 2.05) is 0 Å². The van der Waals surface area contributed by atoms with Crippen LogP contribution in [0, 0.1) is 0 Å². The molecule has 0 aromatic heterocycles. The normalized spacial score (nSPS) is 13.6. The van der Waals surface area contributed by atoms with E-state index in [-0.39, 0.29) is 11.5 Å². The molecule has 0 aliphatic rings. The minimum Gasteiger partial charge on any atom is -0.392 e. The van der Waals surface area contributed by atoms with Gasteiger partial charge in [-0.2, -0.15) is 0 Å². The van der Waals surface area contributed by atoms with E-state index in [0.29, 0.717) is 5.02 Å². The van der Waals surface area contributed by atoms with Crippen LogP contribution in [0.15, 0.2) is 24.3 Å². The maximum absolute atomic E-state index is 12.1. The molecule has 0 heterocycles. The van der Waals surface area contributed by atoms with Crippen LogP contribution in [0.5, 0.6) is 0 Å². The van der Waals surface area contributed by atoms with Crippen LogP contribution in [0.1, 0.15) is 12.5 Å². The molecular formula is C11H15ClN2O2S2. The molecule has 4 nitrogen and oxygen atoms in total. The first-order chi connectivity index (χ1) is 8.25. The van der Waals surface area contributed by atoms with Gasteiger partial charge in [-0.15, -0.1) is 0 Å². The molecule has 0 saturated carbocycles. The lowest BCUT2D eigenvalue weighted by molar-refractivity contribution is 0.464. The van der Waals surface area contributed by atoms with Crippen LogP contribution >= 0.6 is 23.8 Å². The van der Waals surface area contributed by atoms with Gasteiger partial charge in [0.15, 0.2) is 0 Å². The van der Waals surface area contributed by atoms with Crippen LogP contribution in [0.2, 0.25) is 5.02 Å². The Labute approximate surface area is 118 Å². The topological polar surface area (TPSA) is 63.4 Å². The van der Waals surface area contributed by atoms with Gasteiger partial charge in [0.05, 0.1) is 4.99 Å². The van der Waals surface area contributed by atoms with Crippen molar-refractivity contribution in [1.29, 1.82) is 0 Å². The van der Waals surface area contributed by atoms with Gasteiger partial charge in [-0.1, -0.05) is 36.0 Å². The van der Waals surface area contributed by atoms with E-state index in [1.165, 1.54) is 18.3 Å². The lowest BCUT2D eigenvalue weighted by Crippen LogP contribution is -2.40. The molecule has 100 valence electrons. The van der Waals surface area contributed by atoms with Gasteiger partial charge in [-0.25, -0.2) is 12.7 Å². The number of halogens is 1. The molecule has 0 aliphatic carbocycles. The molecule has 1 aromatic rings. The number of nitrogens with two attached hydrogens (primary N) is 1. The minimum absolute atomic E-state index is 0.0297. The lowest BCUT2D eigenvalue weighted by atomic mass is 10.2. The first-order valence-electron chi connectivity index (χ1n) is 5.24. The molecule has 1 unspecified atom stereocenters. The van der Waals surface area contributed by atoms with E-state index in [2.05, 4.69) is 0 Å². The molecule has 0 aliphatic heterocycles. The van der Waals surface area contributed by atoms with Crippen molar-refractivity contribution in [2.75, 3.05) is 7.05 Å². The maximum atomic E-state index is 12.1. The van der Waals surface area contributed by atoms with Gasteiger partial charge in [0.25, 0.3) is 0 Å². The summed E-state index contributed by atoms with van der Waals surface area (Å²) in [5, 5.41) is -0.259. The Morgan fingerprint density at radius 3 is 2.39 bits per heavy atom. The summed E-state index contributed by atoms with van der Waals surface area (Å²) in [5.41, 5.74) is 6.23. The Morgan fingerprint density at radius 2 is 1.94 bits per heavy atom. The summed E-state index contributed by atoms with van der Waals surface area (Å²) < 4.78 is 25.4. The number of sulfonamides is 1. The molecule has 0 fully saturated rings. The highest BCUT2D eigenvalue weighted by molar-refractivity contribution is 7.92. The second-order valence-electron chi connectivity index (χ2n) is 3.97. The molecule has 0 saturated heterocycles. The second-order valence-corrected chi connectivity index (χ2v) is 7.24. The fourth-order valence-corrected chi connectivity index (χ4v) is 3.01. The monoisotopic (exact) mass is 306 g/mol. The lowest BCUT2D eigenvalue weighted by Gasteiger charge is -2.21. The van der Waals surface area contributed by atoms with Crippen LogP contribution in [-0.2, 0) is 16.6 Å². The van der Waals surface area contributed by atoms with Crippen molar-refractivity contribution in [3.63, 3.8) is 0 Å². The Balaban J connectivity index is 2.85. The van der Waals surface area contributed by atoms with Gasteiger partial charge in [0.2, 0.25) is 10.0 Å². The molecule has 1 atom stereocenters. The molecule has 0 amide bonds. The Bertz CT molecular complexity index is 528. The highest BCUT2D eigenvalue weighted by atomic mass is 35.5. The first-order valence-corrected chi connectivity index (χ1v) is 7.53. The Kier molecular flexibility index (Phi) is 5.10. The van der Waals surface area contributed by atoms with Gasteiger partial charge in [-0.3, -0.25) is 0 Å². The minimum atomic E-state index is -3.51. The summed E-state index contributed by atoms with van der Waals surface area (Å²) >= 11 is 10.5. The zero-order valence-electron chi connectivity index (χ0n) is 10.1. The third kappa shape index (κ3) is 3.65. The standard InChI is InChI=1S/C11H15ClN2O2S2/c1-8(11(13)17)18(15,16)14(2)7-9-3-5-10(12)6-4-9/h3-6,8H,7H2,1-2H3,(H2,13,17). The van der Waals surface area contributed by atoms with Gasteiger partial charge in [0.1, 0.15) is 5.25 Å².